The smallest absolute Gasteiger partial charge is 0.133 e. The minimum Gasteiger partial charge on any atom is -0.206 e. The molecule has 2 heteroatoms. The van der Waals surface area contributed by atoms with Crippen LogP contribution in [-0.2, 0) is 0 Å². The van der Waals surface area contributed by atoms with Crippen LogP contribution in [-0.4, -0.2) is 0 Å². The van der Waals surface area contributed by atoms with Gasteiger partial charge in [-0.15, -0.1) is 0 Å². The predicted octanol–water partition coefficient (Wildman–Crippen LogP) is 4.25. The summed E-state index contributed by atoms with van der Waals surface area (Å²) in [7, 11) is 0. The predicted molar refractivity (Wildman–Crippen MR) is 61.3 cm³/mol. The molecular weight excluding hydrogens is 206 g/mol. The molecule has 0 unspecified atom stereocenters. The first-order chi connectivity index (χ1) is 7.59. The van der Waals surface area contributed by atoms with Crippen molar-refractivity contribution in [2.45, 2.75) is 13.8 Å². The Bertz CT molecular complexity index is 510. The van der Waals surface area contributed by atoms with Gasteiger partial charge in [0.05, 0.1) is 5.56 Å². The molecule has 0 aromatic heterocycles. The van der Waals surface area contributed by atoms with Crippen molar-refractivity contribution >= 4 is 0 Å². The zero-order chi connectivity index (χ0) is 11.7. The number of hydrogen-bond acceptors (Lipinski definition) is 0. The third-order valence-corrected chi connectivity index (χ3v) is 2.63. The first kappa shape index (κ1) is 10.8. The van der Waals surface area contributed by atoms with E-state index in [0.717, 1.165) is 11.1 Å². The van der Waals surface area contributed by atoms with E-state index in [1.54, 1.807) is 6.07 Å². The number of rotatable bonds is 1. The summed E-state index contributed by atoms with van der Waals surface area (Å²) in [6.45, 7) is 3.75. The second kappa shape index (κ2) is 4.05. The van der Waals surface area contributed by atoms with Crippen molar-refractivity contribution < 1.29 is 8.78 Å². The number of benzene rings is 2. The lowest BCUT2D eigenvalue weighted by Crippen LogP contribution is -1.92. The van der Waals surface area contributed by atoms with Crippen LogP contribution < -0.4 is 0 Å². The van der Waals surface area contributed by atoms with Gasteiger partial charge in [-0.3, -0.25) is 0 Å². The molecule has 0 amide bonds. The van der Waals surface area contributed by atoms with Crippen LogP contribution in [0.2, 0.25) is 0 Å². The molecule has 0 bridgehead atoms. The maximum atomic E-state index is 13.6. The summed E-state index contributed by atoms with van der Waals surface area (Å²) >= 11 is 0. The lowest BCUT2D eigenvalue weighted by atomic mass is 9.97. The molecule has 0 radical (unpaired) electrons. The zero-order valence-electron chi connectivity index (χ0n) is 9.22. The Labute approximate surface area is 93.5 Å². The fraction of sp³-hybridized carbons (Fsp3) is 0.143. The summed E-state index contributed by atoms with van der Waals surface area (Å²) in [6, 6.07) is 9.53. The van der Waals surface area contributed by atoms with E-state index < -0.39 is 11.6 Å². The summed E-state index contributed by atoms with van der Waals surface area (Å²) in [4.78, 5) is 0. The molecule has 0 aliphatic heterocycles. The Hall–Kier alpha value is -1.70. The molecule has 2 aromatic carbocycles. The minimum atomic E-state index is -0.520. The Morgan fingerprint density at radius 2 is 1.50 bits per heavy atom. The topological polar surface area (TPSA) is 0 Å². The van der Waals surface area contributed by atoms with Crippen LogP contribution >= 0.6 is 0 Å². The second-order valence-electron chi connectivity index (χ2n) is 3.92. The minimum absolute atomic E-state index is 0.0590. The molecule has 16 heavy (non-hydrogen) atoms. The zero-order valence-corrected chi connectivity index (χ0v) is 9.22. The van der Waals surface area contributed by atoms with E-state index in [4.69, 9.17) is 0 Å². The van der Waals surface area contributed by atoms with Crippen LogP contribution in [0.1, 0.15) is 11.1 Å². The van der Waals surface area contributed by atoms with Gasteiger partial charge in [-0.25, -0.2) is 8.78 Å². The van der Waals surface area contributed by atoms with E-state index in [1.807, 2.05) is 26.0 Å². The quantitative estimate of drug-likeness (QED) is 0.671. The third kappa shape index (κ3) is 1.83. The number of hydrogen-bond donors (Lipinski definition) is 0. The number of halogens is 2. The molecule has 0 spiro atoms. The summed E-state index contributed by atoms with van der Waals surface area (Å²) in [5.74, 6) is -1.04. The lowest BCUT2D eigenvalue weighted by Gasteiger charge is -2.09. The Kier molecular flexibility index (Phi) is 2.73. The molecule has 0 aliphatic rings. The number of aryl methyl sites for hydroxylation is 2. The standard InChI is InChI=1S/C14H12F2/c1-9-6-7-10(2)11(8-9)14-12(15)4-3-5-13(14)16/h3-8H,1-2H3. The molecule has 0 N–H and O–H groups in total. The molecule has 2 aromatic rings. The lowest BCUT2D eigenvalue weighted by molar-refractivity contribution is 0.589. The first-order valence-corrected chi connectivity index (χ1v) is 5.11. The molecule has 0 aliphatic carbocycles. The Balaban J connectivity index is 2.72. The van der Waals surface area contributed by atoms with E-state index >= 15 is 0 Å². The summed E-state index contributed by atoms with van der Waals surface area (Å²) in [6.07, 6.45) is 0. The van der Waals surface area contributed by atoms with Gasteiger partial charge in [0.25, 0.3) is 0 Å². The van der Waals surface area contributed by atoms with Crippen molar-refractivity contribution in [3.63, 3.8) is 0 Å². The molecule has 2 rings (SSSR count). The van der Waals surface area contributed by atoms with Gasteiger partial charge in [0, 0.05) is 0 Å². The monoisotopic (exact) mass is 218 g/mol. The average Bonchev–Trinajstić information content (AvgIpc) is 2.23. The molecule has 0 fully saturated rings. The van der Waals surface area contributed by atoms with Crippen LogP contribution in [0.4, 0.5) is 8.78 Å². The van der Waals surface area contributed by atoms with E-state index in [0.29, 0.717) is 5.56 Å². The molecule has 0 heterocycles. The van der Waals surface area contributed by atoms with Gasteiger partial charge < -0.3 is 0 Å². The SMILES string of the molecule is Cc1ccc(C)c(-c2c(F)cccc2F)c1. The van der Waals surface area contributed by atoms with Gasteiger partial charge in [-0.1, -0.05) is 29.8 Å². The average molecular weight is 218 g/mol. The van der Waals surface area contributed by atoms with E-state index in [2.05, 4.69) is 0 Å². The van der Waals surface area contributed by atoms with Crippen molar-refractivity contribution in [2.24, 2.45) is 0 Å². The maximum Gasteiger partial charge on any atom is 0.133 e. The van der Waals surface area contributed by atoms with Crippen molar-refractivity contribution in [3.05, 3.63) is 59.2 Å². The highest BCUT2D eigenvalue weighted by Gasteiger charge is 2.12. The fourth-order valence-electron chi connectivity index (χ4n) is 1.76. The van der Waals surface area contributed by atoms with Crippen LogP contribution in [0.5, 0.6) is 0 Å². The molecule has 0 saturated carbocycles. The second-order valence-corrected chi connectivity index (χ2v) is 3.92. The van der Waals surface area contributed by atoms with Crippen LogP contribution in [0.15, 0.2) is 36.4 Å². The highest BCUT2D eigenvalue weighted by atomic mass is 19.1. The summed E-state index contributed by atoms with van der Waals surface area (Å²) in [5, 5.41) is 0. The van der Waals surface area contributed by atoms with Gasteiger partial charge in [0.15, 0.2) is 0 Å². The van der Waals surface area contributed by atoms with Gasteiger partial charge in [-0.2, -0.15) is 0 Å². The first-order valence-electron chi connectivity index (χ1n) is 5.11. The van der Waals surface area contributed by atoms with Crippen molar-refractivity contribution in [1.82, 2.24) is 0 Å². The summed E-state index contributed by atoms with van der Waals surface area (Å²) in [5.41, 5.74) is 2.54. The maximum absolute atomic E-state index is 13.6. The Morgan fingerprint density at radius 3 is 2.12 bits per heavy atom. The normalized spacial score (nSPS) is 10.5. The highest BCUT2D eigenvalue weighted by molar-refractivity contribution is 5.69. The highest BCUT2D eigenvalue weighted by Crippen LogP contribution is 2.29. The van der Waals surface area contributed by atoms with Gasteiger partial charge >= 0.3 is 0 Å². The van der Waals surface area contributed by atoms with E-state index in [-0.39, 0.29) is 5.56 Å². The Morgan fingerprint density at radius 1 is 0.875 bits per heavy atom. The van der Waals surface area contributed by atoms with Gasteiger partial charge in [-0.05, 0) is 37.1 Å². The van der Waals surface area contributed by atoms with Gasteiger partial charge in [0.2, 0.25) is 0 Å². The van der Waals surface area contributed by atoms with Crippen molar-refractivity contribution in [3.8, 4) is 11.1 Å². The van der Waals surface area contributed by atoms with Crippen molar-refractivity contribution in [1.29, 1.82) is 0 Å². The van der Waals surface area contributed by atoms with Crippen LogP contribution in [0.3, 0.4) is 0 Å². The van der Waals surface area contributed by atoms with Crippen molar-refractivity contribution in [2.75, 3.05) is 0 Å². The van der Waals surface area contributed by atoms with E-state index in [1.165, 1.54) is 18.2 Å². The van der Waals surface area contributed by atoms with E-state index in [9.17, 15) is 8.78 Å². The molecule has 0 atom stereocenters. The molecule has 0 nitrogen and oxygen atoms in total. The largest absolute Gasteiger partial charge is 0.206 e. The molecule has 0 saturated heterocycles. The molecular formula is C14H12F2. The summed E-state index contributed by atoms with van der Waals surface area (Å²) < 4.78 is 27.2. The van der Waals surface area contributed by atoms with Gasteiger partial charge in [0.1, 0.15) is 11.6 Å². The van der Waals surface area contributed by atoms with Crippen LogP contribution in [0.25, 0.3) is 11.1 Å². The fourth-order valence-corrected chi connectivity index (χ4v) is 1.76. The van der Waals surface area contributed by atoms with Crippen LogP contribution in [0, 0.1) is 25.5 Å². The third-order valence-electron chi connectivity index (χ3n) is 2.63. The molecule has 82 valence electrons.